The van der Waals surface area contributed by atoms with Crippen LogP contribution in [0.25, 0.3) is 0 Å². The number of aromatic amines is 1. The molecule has 1 atom stereocenters. The van der Waals surface area contributed by atoms with E-state index in [-0.39, 0.29) is 11.9 Å². The molecule has 0 fully saturated rings. The molecule has 0 bridgehead atoms. The molecule has 6 nitrogen and oxygen atoms in total. The highest BCUT2D eigenvalue weighted by Crippen LogP contribution is 2.25. The van der Waals surface area contributed by atoms with E-state index in [1.807, 2.05) is 43.3 Å². The lowest BCUT2D eigenvalue weighted by atomic mass is 10.1. The van der Waals surface area contributed by atoms with Crippen LogP contribution in [0.5, 0.6) is 0 Å². The van der Waals surface area contributed by atoms with Crippen molar-refractivity contribution in [3.63, 3.8) is 0 Å². The third kappa shape index (κ3) is 4.08. The zero-order chi connectivity index (χ0) is 19.4. The summed E-state index contributed by atoms with van der Waals surface area (Å²) in [4.78, 5) is 29.5. The molecule has 1 aromatic carbocycles. The van der Waals surface area contributed by atoms with E-state index in [4.69, 9.17) is 16.3 Å². The highest BCUT2D eigenvalue weighted by atomic mass is 35.5. The number of methoxy groups -OCH3 is 1. The third-order valence-corrected chi connectivity index (χ3v) is 4.74. The van der Waals surface area contributed by atoms with E-state index in [0.717, 1.165) is 5.56 Å². The molecule has 0 saturated carbocycles. The van der Waals surface area contributed by atoms with E-state index in [0.29, 0.717) is 34.1 Å². The van der Waals surface area contributed by atoms with E-state index in [2.05, 4.69) is 10.3 Å². The van der Waals surface area contributed by atoms with Gasteiger partial charge in [-0.1, -0.05) is 29.8 Å². The Hall–Kier alpha value is -2.31. The highest BCUT2D eigenvalue weighted by Gasteiger charge is 2.24. The Labute approximate surface area is 158 Å². The first kappa shape index (κ1) is 20.0. The van der Waals surface area contributed by atoms with Gasteiger partial charge in [0.15, 0.2) is 0 Å². The Bertz CT molecular complexity index is 814. The number of likely N-dealkylation sites (N-methyl/N-ethyl adjacent to an activating group) is 1. The van der Waals surface area contributed by atoms with Gasteiger partial charge >= 0.3 is 5.97 Å². The number of rotatable bonds is 6. The summed E-state index contributed by atoms with van der Waals surface area (Å²) in [7, 11) is 5.18. The lowest BCUT2D eigenvalue weighted by Gasteiger charge is -2.26. The maximum absolute atomic E-state index is 12.6. The van der Waals surface area contributed by atoms with Crippen LogP contribution in [0.2, 0.25) is 5.02 Å². The number of aromatic nitrogens is 1. The molecule has 1 unspecified atom stereocenters. The minimum absolute atomic E-state index is 0.0795. The molecular weight excluding hydrogens is 354 g/mol. The van der Waals surface area contributed by atoms with Crippen LogP contribution in [0.3, 0.4) is 0 Å². The molecular formula is C19H24ClN3O3. The predicted molar refractivity (Wildman–Crippen MR) is 102 cm³/mol. The normalized spacial score (nSPS) is 12.1. The van der Waals surface area contributed by atoms with Crippen molar-refractivity contribution in [1.29, 1.82) is 0 Å². The molecule has 0 radical (unpaired) electrons. The van der Waals surface area contributed by atoms with E-state index >= 15 is 0 Å². The summed E-state index contributed by atoms with van der Waals surface area (Å²) in [5.74, 6) is -0.739. The number of hydrogen-bond donors (Lipinski definition) is 2. The van der Waals surface area contributed by atoms with Crippen molar-refractivity contribution >= 4 is 23.5 Å². The number of H-pyrrole nitrogens is 1. The number of amides is 1. The molecule has 0 spiro atoms. The van der Waals surface area contributed by atoms with Gasteiger partial charge in [-0.05, 0) is 45.1 Å². The molecule has 1 aromatic heterocycles. The number of aryl methyl sites for hydroxylation is 1. The number of carbonyl (C=O) groups is 2. The second kappa shape index (κ2) is 8.38. The van der Waals surface area contributed by atoms with Crippen LogP contribution in [0.15, 0.2) is 24.3 Å². The van der Waals surface area contributed by atoms with Gasteiger partial charge in [-0.25, -0.2) is 4.79 Å². The molecule has 7 heteroatoms. The second-order valence-corrected chi connectivity index (χ2v) is 6.73. The summed E-state index contributed by atoms with van der Waals surface area (Å²) in [6, 6.07) is 7.48. The monoisotopic (exact) mass is 377 g/mol. The third-order valence-electron chi connectivity index (χ3n) is 4.40. The standard InChI is InChI=1S/C19H24ClN3O3/c1-11-16(19(25)26-5)12(2)22-17(11)18(24)21-10-15(23(3)4)13-8-6-7-9-14(13)20/h6-9,15,22H,10H2,1-5H3,(H,21,24). The quantitative estimate of drug-likeness (QED) is 0.758. The molecule has 1 amide bonds. The number of esters is 1. The van der Waals surface area contributed by atoms with Gasteiger partial charge in [-0.15, -0.1) is 0 Å². The summed E-state index contributed by atoms with van der Waals surface area (Å²) < 4.78 is 4.78. The van der Waals surface area contributed by atoms with Gasteiger partial charge in [-0.2, -0.15) is 0 Å². The number of ether oxygens (including phenoxy) is 1. The van der Waals surface area contributed by atoms with Crippen LogP contribution in [0.4, 0.5) is 0 Å². The Morgan fingerprint density at radius 1 is 1.27 bits per heavy atom. The second-order valence-electron chi connectivity index (χ2n) is 6.33. The first-order chi connectivity index (χ1) is 12.3. The molecule has 26 heavy (non-hydrogen) atoms. The first-order valence-corrected chi connectivity index (χ1v) is 8.62. The number of halogens is 1. The van der Waals surface area contributed by atoms with Gasteiger partial charge in [0, 0.05) is 17.3 Å². The number of nitrogens with one attached hydrogen (secondary N) is 2. The number of benzene rings is 1. The zero-order valence-electron chi connectivity index (χ0n) is 15.6. The Balaban J connectivity index is 2.20. The summed E-state index contributed by atoms with van der Waals surface area (Å²) in [5.41, 5.74) is 2.88. The Kier molecular flexibility index (Phi) is 6.45. The minimum atomic E-state index is -0.461. The summed E-state index contributed by atoms with van der Waals surface area (Å²) in [6.45, 7) is 3.84. The summed E-state index contributed by atoms with van der Waals surface area (Å²) in [5, 5.41) is 3.57. The Morgan fingerprint density at radius 3 is 2.50 bits per heavy atom. The molecule has 0 aliphatic rings. The largest absolute Gasteiger partial charge is 0.465 e. The van der Waals surface area contributed by atoms with E-state index in [1.54, 1.807) is 13.8 Å². The predicted octanol–water partition coefficient (Wildman–Crippen LogP) is 3.10. The average molecular weight is 378 g/mol. The minimum Gasteiger partial charge on any atom is -0.465 e. The van der Waals surface area contributed by atoms with Crippen molar-refractivity contribution in [2.24, 2.45) is 0 Å². The fourth-order valence-electron chi connectivity index (χ4n) is 2.98. The van der Waals surface area contributed by atoms with Crippen LogP contribution in [-0.2, 0) is 4.74 Å². The molecule has 0 saturated heterocycles. The maximum Gasteiger partial charge on any atom is 0.339 e. The maximum atomic E-state index is 12.6. The van der Waals surface area contributed by atoms with E-state index < -0.39 is 5.97 Å². The van der Waals surface area contributed by atoms with Gasteiger partial charge in [0.25, 0.3) is 5.91 Å². The zero-order valence-corrected chi connectivity index (χ0v) is 16.4. The topological polar surface area (TPSA) is 74.4 Å². The molecule has 2 N–H and O–H groups in total. The smallest absolute Gasteiger partial charge is 0.339 e. The van der Waals surface area contributed by atoms with Crippen LogP contribution in [0, 0.1) is 13.8 Å². The van der Waals surface area contributed by atoms with Gasteiger partial charge < -0.3 is 19.9 Å². The van der Waals surface area contributed by atoms with Crippen molar-refractivity contribution in [3.8, 4) is 0 Å². The van der Waals surface area contributed by atoms with Crippen LogP contribution in [0.1, 0.15) is 43.7 Å². The van der Waals surface area contributed by atoms with Crippen LogP contribution >= 0.6 is 11.6 Å². The van der Waals surface area contributed by atoms with Crippen LogP contribution < -0.4 is 5.32 Å². The van der Waals surface area contributed by atoms with Crippen molar-refractivity contribution in [2.75, 3.05) is 27.7 Å². The molecule has 140 valence electrons. The molecule has 0 aliphatic carbocycles. The summed E-state index contributed by atoms with van der Waals surface area (Å²) >= 11 is 6.30. The Morgan fingerprint density at radius 2 is 1.92 bits per heavy atom. The molecule has 0 aliphatic heterocycles. The summed E-state index contributed by atoms with van der Waals surface area (Å²) in [6.07, 6.45) is 0. The fraction of sp³-hybridized carbons (Fsp3) is 0.368. The molecule has 2 rings (SSSR count). The number of hydrogen-bond acceptors (Lipinski definition) is 4. The van der Waals surface area contributed by atoms with Gasteiger partial charge in [0.05, 0.1) is 18.7 Å². The van der Waals surface area contributed by atoms with Crippen molar-refractivity contribution in [1.82, 2.24) is 15.2 Å². The van der Waals surface area contributed by atoms with Crippen molar-refractivity contribution in [3.05, 3.63) is 57.4 Å². The van der Waals surface area contributed by atoms with Crippen LogP contribution in [-0.4, -0.2) is 49.5 Å². The fourth-order valence-corrected chi connectivity index (χ4v) is 3.24. The van der Waals surface area contributed by atoms with Gasteiger partial charge in [-0.3, -0.25) is 4.79 Å². The number of carbonyl (C=O) groups excluding carboxylic acids is 2. The van der Waals surface area contributed by atoms with Gasteiger partial charge in [0.2, 0.25) is 0 Å². The van der Waals surface area contributed by atoms with E-state index in [9.17, 15) is 9.59 Å². The highest BCUT2D eigenvalue weighted by molar-refractivity contribution is 6.31. The van der Waals surface area contributed by atoms with Gasteiger partial charge in [0.1, 0.15) is 5.69 Å². The van der Waals surface area contributed by atoms with Crippen molar-refractivity contribution < 1.29 is 14.3 Å². The van der Waals surface area contributed by atoms with E-state index in [1.165, 1.54) is 7.11 Å². The lowest BCUT2D eigenvalue weighted by Crippen LogP contribution is -2.35. The first-order valence-electron chi connectivity index (χ1n) is 8.24. The molecule has 1 heterocycles. The van der Waals surface area contributed by atoms with Crippen molar-refractivity contribution in [2.45, 2.75) is 19.9 Å². The lowest BCUT2D eigenvalue weighted by molar-refractivity contribution is 0.0599. The molecule has 2 aromatic rings. The number of nitrogens with zero attached hydrogens (tertiary/aromatic N) is 1. The SMILES string of the molecule is COC(=O)c1c(C)[nH]c(C(=O)NCC(c2ccccc2Cl)N(C)C)c1C. The average Bonchev–Trinajstić information content (AvgIpc) is 2.90.